The summed E-state index contributed by atoms with van der Waals surface area (Å²) in [6.45, 7) is 0. The number of hydrogen-bond donors (Lipinski definition) is 2. The second-order valence-corrected chi connectivity index (χ2v) is 5.74. The minimum atomic E-state index is 0.00691. The number of rotatable bonds is 3. The van der Waals surface area contributed by atoms with Gasteiger partial charge in [-0.1, -0.05) is 29.4 Å². The molecule has 3 nitrogen and oxygen atoms in total. The summed E-state index contributed by atoms with van der Waals surface area (Å²) in [6.07, 6.45) is 1.73. The van der Waals surface area contributed by atoms with Gasteiger partial charge in [0.1, 0.15) is 10.9 Å². The van der Waals surface area contributed by atoms with E-state index in [1.165, 1.54) is 11.8 Å². The maximum absolute atomic E-state index is 7.35. The Morgan fingerprint density at radius 3 is 2.78 bits per heavy atom. The van der Waals surface area contributed by atoms with Gasteiger partial charge >= 0.3 is 0 Å². The van der Waals surface area contributed by atoms with E-state index in [9.17, 15) is 0 Å². The van der Waals surface area contributed by atoms with Crippen LogP contribution in [0.5, 0.6) is 0 Å². The third kappa shape index (κ3) is 3.04. The average molecular weight is 343 g/mol. The van der Waals surface area contributed by atoms with Gasteiger partial charge in [-0.25, -0.2) is 4.98 Å². The van der Waals surface area contributed by atoms with E-state index in [1.807, 2.05) is 18.2 Å². The second-order valence-electron chi connectivity index (χ2n) is 3.45. The maximum atomic E-state index is 7.35. The first kappa shape index (κ1) is 13.4. The molecule has 18 heavy (non-hydrogen) atoms. The second kappa shape index (κ2) is 5.73. The number of pyridine rings is 1. The van der Waals surface area contributed by atoms with Gasteiger partial charge in [0.15, 0.2) is 0 Å². The highest BCUT2D eigenvalue weighted by molar-refractivity contribution is 9.10. The van der Waals surface area contributed by atoms with Gasteiger partial charge in [-0.3, -0.25) is 5.41 Å². The number of nitrogen functional groups attached to an aromatic ring is 1. The van der Waals surface area contributed by atoms with Crippen LogP contribution in [-0.2, 0) is 0 Å². The van der Waals surface area contributed by atoms with Crippen LogP contribution in [0.2, 0.25) is 5.02 Å². The number of halogens is 2. The summed E-state index contributed by atoms with van der Waals surface area (Å²) < 4.78 is 0.918. The van der Waals surface area contributed by atoms with Gasteiger partial charge in [-0.05, 0) is 40.2 Å². The molecule has 0 amide bonds. The summed E-state index contributed by atoms with van der Waals surface area (Å²) in [5, 5.41) is 8.75. The Bertz CT molecular complexity index is 604. The third-order valence-corrected chi connectivity index (χ3v) is 4.60. The van der Waals surface area contributed by atoms with E-state index in [0.29, 0.717) is 10.6 Å². The lowest BCUT2D eigenvalue weighted by molar-refractivity contribution is 1.11. The van der Waals surface area contributed by atoms with Crippen LogP contribution in [0.4, 0.5) is 0 Å². The highest BCUT2D eigenvalue weighted by Crippen LogP contribution is 2.35. The standard InChI is InChI=1S/C12H9BrClN3S/c13-8-2-1-5-17-12(8)18-10-4-3-7(11(15)16)6-9(10)14/h1-6H,(H3,15,16). The van der Waals surface area contributed by atoms with Crippen molar-refractivity contribution in [1.82, 2.24) is 4.98 Å². The fourth-order valence-corrected chi connectivity index (χ4v) is 2.88. The summed E-state index contributed by atoms with van der Waals surface area (Å²) in [5.74, 6) is 0.00691. The van der Waals surface area contributed by atoms with Crippen LogP contribution in [-0.4, -0.2) is 10.8 Å². The van der Waals surface area contributed by atoms with Crippen molar-refractivity contribution in [3.05, 3.63) is 51.6 Å². The summed E-state index contributed by atoms with van der Waals surface area (Å²) in [7, 11) is 0. The van der Waals surface area contributed by atoms with Crippen molar-refractivity contribution in [2.75, 3.05) is 0 Å². The fraction of sp³-hybridized carbons (Fsp3) is 0. The van der Waals surface area contributed by atoms with Crippen molar-refractivity contribution in [3.8, 4) is 0 Å². The van der Waals surface area contributed by atoms with Crippen molar-refractivity contribution in [3.63, 3.8) is 0 Å². The van der Waals surface area contributed by atoms with Crippen LogP contribution in [0.25, 0.3) is 0 Å². The highest BCUT2D eigenvalue weighted by atomic mass is 79.9. The molecule has 0 aliphatic carbocycles. The highest BCUT2D eigenvalue weighted by Gasteiger charge is 2.08. The molecule has 0 spiro atoms. The summed E-state index contributed by atoms with van der Waals surface area (Å²) in [5.41, 5.74) is 6.02. The molecule has 0 radical (unpaired) electrons. The van der Waals surface area contributed by atoms with Crippen LogP contribution in [0.15, 0.2) is 50.9 Å². The molecular weight excluding hydrogens is 334 g/mol. The Balaban J connectivity index is 2.30. The quantitative estimate of drug-likeness (QED) is 0.656. The van der Waals surface area contributed by atoms with Crippen LogP contribution in [0.3, 0.4) is 0 Å². The Morgan fingerprint density at radius 1 is 1.39 bits per heavy atom. The molecule has 0 aliphatic rings. The Kier molecular flexibility index (Phi) is 4.27. The van der Waals surface area contributed by atoms with Gasteiger partial charge in [-0.2, -0.15) is 0 Å². The number of amidine groups is 1. The van der Waals surface area contributed by atoms with Gasteiger partial charge in [-0.15, -0.1) is 0 Å². The normalized spacial score (nSPS) is 10.3. The van der Waals surface area contributed by atoms with Crippen LogP contribution in [0.1, 0.15) is 5.56 Å². The average Bonchev–Trinajstić information content (AvgIpc) is 2.34. The number of nitrogens with zero attached hydrogens (tertiary/aromatic N) is 1. The molecule has 1 heterocycles. The molecule has 2 aromatic rings. The number of hydrogen-bond acceptors (Lipinski definition) is 3. The molecule has 6 heteroatoms. The molecule has 3 N–H and O–H groups in total. The zero-order chi connectivity index (χ0) is 13.1. The SMILES string of the molecule is N=C(N)c1ccc(Sc2ncccc2Br)c(Cl)c1. The first-order valence-electron chi connectivity index (χ1n) is 5.00. The zero-order valence-electron chi connectivity index (χ0n) is 9.15. The minimum Gasteiger partial charge on any atom is -0.384 e. The van der Waals surface area contributed by atoms with Gasteiger partial charge in [0.05, 0.1) is 9.50 Å². The van der Waals surface area contributed by atoms with Crippen LogP contribution >= 0.6 is 39.3 Å². The molecule has 92 valence electrons. The summed E-state index contributed by atoms with van der Waals surface area (Å²) in [4.78, 5) is 5.14. The molecule has 0 fully saturated rings. The lowest BCUT2D eigenvalue weighted by atomic mass is 10.2. The van der Waals surface area contributed by atoms with Crippen molar-refractivity contribution in [2.45, 2.75) is 9.92 Å². The fourth-order valence-electron chi connectivity index (χ4n) is 1.30. The van der Waals surface area contributed by atoms with Crippen LogP contribution in [0, 0.1) is 5.41 Å². The molecule has 0 unspecified atom stereocenters. The molecule has 0 saturated heterocycles. The predicted molar refractivity (Wildman–Crippen MR) is 78.5 cm³/mol. The lowest BCUT2D eigenvalue weighted by Gasteiger charge is -2.06. The van der Waals surface area contributed by atoms with Crippen molar-refractivity contribution >= 4 is 45.1 Å². The molecule has 0 saturated carbocycles. The van der Waals surface area contributed by atoms with E-state index in [-0.39, 0.29) is 5.84 Å². The third-order valence-electron chi connectivity index (χ3n) is 2.17. The molecule has 1 aromatic carbocycles. The topological polar surface area (TPSA) is 62.8 Å². The number of nitrogens with two attached hydrogens (primary N) is 1. The van der Waals surface area contributed by atoms with Gasteiger partial charge in [0.25, 0.3) is 0 Å². The van der Waals surface area contributed by atoms with Crippen molar-refractivity contribution < 1.29 is 0 Å². The maximum Gasteiger partial charge on any atom is 0.122 e. The van der Waals surface area contributed by atoms with Gasteiger partial charge in [0.2, 0.25) is 0 Å². The van der Waals surface area contributed by atoms with Crippen molar-refractivity contribution in [1.29, 1.82) is 5.41 Å². The number of benzene rings is 1. The van der Waals surface area contributed by atoms with E-state index in [2.05, 4.69) is 20.9 Å². The zero-order valence-corrected chi connectivity index (χ0v) is 12.3. The monoisotopic (exact) mass is 341 g/mol. The number of nitrogens with one attached hydrogen (secondary N) is 1. The van der Waals surface area contributed by atoms with E-state index >= 15 is 0 Å². The Hall–Kier alpha value is -1.04. The molecule has 0 atom stereocenters. The Morgan fingerprint density at radius 2 is 2.17 bits per heavy atom. The van der Waals surface area contributed by atoms with Gasteiger partial charge < -0.3 is 5.73 Å². The van der Waals surface area contributed by atoms with Crippen molar-refractivity contribution in [2.24, 2.45) is 5.73 Å². The molecule has 0 aliphatic heterocycles. The van der Waals surface area contributed by atoms with Crippen LogP contribution < -0.4 is 5.73 Å². The summed E-state index contributed by atoms with van der Waals surface area (Å²) >= 11 is 11.1. The van der Waals surface area contributed by atoms with E-state index in [4.69, 9.17) is 22.7 Å². The van der Waals surface area contributed by atoms with E-state index in [1.54, 1.807) is 18.3 Å². The first-order valence-corrected chi connectivity index (χ1v) is 6.99. The number of aromatic nitrogens is 1. The largest absolute Gasteiger partial charge is 0.384 e. The van der Waals surface area contributed by atoms with Gasteiger partial charge in [0, 0.05) is 16.7 Å². The molecular formula is C12H9BrClN3S. The smallest absolute Gasteiger partial charge is 0.122 e. The molecule has 2 rings (SSSR count). The molecule has 1 aromatic heterocycles. The summed E-state index contributed by atoms with van der Waals surface area (Å²) in [6, 6.07) is 9.07. The van der Waals surface area contributed by atoms with E-state index < -0.39 is 0 Å². The first-order chi connectivity index (χ1) is 8.58. The van der Waals surface area contributed by atoms with E-state index in [0.717, 1.165) is 14.4 Å². The lowest BCUT2D eigenvalue weighted by Crippen LogP contribution is -2.10. The predicted octanol–water partition coefficient (Wildman–Crippen LogP) is 3.93. The minimum absolute atomic E-state index is 0.00691. The Labute approximate surface area is 122 Å². The molecule has 0 bridgehead atoms.